The molecule has 0 aromatic heterocycles. The van der Waals surface area contributed by atoms with Crippen molar-refractivity contribution < 1.29 is 59.0 Å². The second kappa shape index (κ2) is 24.4. The topological polar surface area (TPSA) is 226 Å². The molecule has 1 fully saturated rings. The van der Waals surface area contributed by atoms with E-state index in [0.29, 0.717) is 12.8 Å². The Labute approximate surface area is 278 Å². The minimum atomic E-state index is -5.14. The van der Waals surface area contributed by atoms with E-state index in [1.807, 2.05) is 12.2 Å². The van der Waals surface area contributed by atoms with Crippen LogP contribution in [0.25, 0.3) is 0 Å². The minimum Gasteiger partial charge on any atom is -0.392 e. The van der Waals surface area contributed by atoms with Gasteiger partial charge in [-0.05, 0) is 51.4 Å². The first kappa shape index (κ1) is 43.3. The maximum atomic E-state index is 12.7. The average molecular weight is 692 g/mol. The number of allylic oxidation sites excluding steroid dienone is 6. The van der Waals surface area contributed by atoms with E-state index < -0.39 is 75.2 Å². The van der Waals surface area contributed by atoms with Crippen molar-refractivity contribution in [3.63, 3.8) is 0 Å². The van der Waals surface area contributed by atoms with Crippen molar-refractivity contribution in [1.82, 2.24) is 5.32 Å². The van der Waals surface area contributed by atoms with Gasteiger partial charge in [0.25, 0.3) is 0 Å². The maximum absolute atomic E-state index is 12.7. The van der Waals surface area contributed by atoms with Gasteiger partial charge in [0.05, 0.1) is 31.3 Å². The molecule has 0 aromatic rings. The molecule has 0 bridgehead atoms. The largest absolute Gasteiger partial charge is 0.472 e. The van der Waals surface area contributed by atoms with Crippen molar-refractivity contribution >= 4 is 13.7 Å². The van der Waals surface area contributed by atoms with Gasteiger partial charge in [-0.2, -0.15) is 0 Å². The molecule has 0 heterocycles. The predicted octanol–water partition coefficient (Wildman–Crippen LogP) is 2.46. The molecule has 8 unspecified atom stereocenters. The van der Waals surface area contributed by atoms with Gasteiger partial charge < -0.3 is 46.0 Å². The molecule has 1 aliphatic rings. The molecule has 1 amide bonds. The van der Waals surface area contributed by atoms with Gasteiger partial charge in [0.15, 0.2) is 0 Å². The molecule has 1 rings (SSSR count). The summed E-state index contributed by atoms with van der Waals surface area (Å²) >= 11 is 0. The highest BCUT2D eigenvalue weighted by molar-refractivity contribution is 7.47. The number of hydrogen-bond donors (Lipinski definition) is 9. The summed E-state index contributed by atoms with van der Waals surface area (Å²) in [6.07, 6.45) is 10.1. The maximum Gasteiger partial charge on any atom is 0.472 e. The molecule has 0 spiro atoms. The SMILES string of the molecule is CC/C=C/CC/C=C/CC/C=C/C(O)C(COP(=O)(O)OC1C(O)C(O)C(O)C(O)C1O)NC(=O)CC(O)C/C=C\CCCCCC. The summed E-state index contributed by atoms with van der Waals surface area (Å²) in [5.41, 5.74) is 0. The Morgan fingerprint density at radius 1 is 0.766 bits per heavy atom. The highest BCUT2D eigenvalue weighted by Crippen LogP contribution is 2.47. The van der Waals surface area contributed by atoms with Gasteiger partial charge in [-0.1, -0.05) is 81.7 Å². The van der Waals surface area contributed by atoms with Crippen molar-refractivity contribution in [1.29, 1.82) is 0 Å². The highest BCUT2D eigenvalue weighted by Gasteiger charge is 2.51. The summed E-state index contributed by atoms with van der Waals surface area (Å²) in [4.78, 5) is 23.0. The number of unbranched alkanes of at least 4 members (excludes halogenated alkanes) is 6. The lowest BCUT2D eigenvalue weighted by Gasteiger charge is -2.41. The molecule has 0 aliphatic heterocycles. The summed E-state index contributed by atoms with van der Waals surface area (Å²) in [7, 11) is -5.14. The lowest BCUT2D eigenvalue weighted by Crippen LogP contribution is -2.64. The van der Waals surface area contributed by atoms with E-state index >= 15 is 0 Å². The van der Waals surface area contributed by atoms with Crippen LogP contribution in [-0.2, 0) is 18.4 Å². The third kappa shape index (κ3) is 18.0. The first-order chi connectivity index (χ1) is 22.3. The molecule has 0 radical (unpaired) electrons. The van der Waals surface area contributed by atoms with Crippen LogP contribution < -0.4 is 5.32 Å². The number of rotatable bonds is 24. The second-order valence-corrected chi connectivity index (χ2v) is 13.2. The van der Waals surface area contributed by atoms with E-state index in [2.05, 4.69) is 37.4 Å². The molecule has 1 aliphatic carbocycles. The van der Waals surface area contributed by atoms with Crippen LogP contribution in [0.2, 0.25) is 0 Å². The number of carbonyl (C=O) groups is 1. The van der Waals surface area contributed by atoms with Crippen molar-refractivity contribution in [3.8, 4) is 0 Å². The minimum absolute atomic E-state index is 0.241. The summed E-state index contributed by atoms with van der Waals surface area (Å²) in [5, 5.41) is 73.4. The predicted molar refractivity (Wildman–Crippen MR) is 178 cm³/mol. The number of nitrogens with one attached hydrogen (secondary N) is 1. The van der Waals surface area contributed by atoms with Crippen LogP contribution in [0.5, 0.6) is 0 Å². The van der Waals surface area contributed by atoms with Crippen LogP contribution >= 0.6 is 7.82 Å². The Bertz CT molecular complexity index is 1010. The van der Waals surface area contributed by atoms with Crippen LogP contribution in [0.1, 0.15) is 90.9 Å². The monoisotopic (exact) mass is 691 g/mol. The molecular formula is C33H58NO12P. The summed E-state index contributed by atoms with van der Waals surface area (Å²) in [6, 6.07) is -1.27. The molecule has 14 heteroatoms. The fourth-order valence-corrected chi connectivity index (χ4v) is 5.77. The Hall–Kier alpha value is -1.74. The molecule has 9 N–H and O–H groups in total. The molecule has 0 aromatic carbocycles. The summed E-state index contributed by atoms with van der Waals surface area (Å²) in [5.74, 6) is -0.651. The van der Waals surface area contributed by atoms with Gasteiger partial charge in [0.2, 0.25) is 5.91 Å². The quantitative estimate of drug-likeness (QED) is 0.0404. The average Bonchev–Trinajstić information content (AvgIpc) is 3.03. The van der Waals surface area contributed by atoms with Gasteiger partial charge in [-0.15, -0.1) is 0 Å². The zero-order valence-corrected chi connectivity index (χ0v) is 28.6. The number of phosphoric ester groups is 1. The van der Waals surface area contributed by atoms with Crippen molar-refractivity contribution in [3.05, 3.63) is 48.6 Å². The van der Waals surface area contributed by atoms with Crippen LogP contribution in [0, 0.1) is 0 Å². The lowest BCUT2D eigenvalue weighted by molar-refractivity contribution is -0.220. The molecule has 8 atom stereocenters. The smallest absolute Gasteiger partial charge is 0.392 e. The third-order valence-corrected chi connectivity index (χ3v) is 8.61. The van der Waals surface area contributed by atoms with E-state index in [1.54, 1.807) is 12.2 Å². The van der Waals surface area contributed by atoms with Crippen molar-refractivity contribution in [2.75, 3.05) is 6.61 Å². The fraction of sp³-hybridized carbons (Fsp3) is 0.727. The first-order valence-corrected chi connectivity index (χ1v) is 18.2. The standard InChI is InChI=1S/C33H58NO12P/c1-3-5-7-9-11-12-13-15-17-19-21-26(36)25(34-27(37)22-24(35)20-18-16-14-10-8-6-4-2)23-45-47(43,44)46-33-31(41)29(39)28(38)30(40)32(33)42/h5,7,12-13,16,18-19,21,24-26,28-33,35-36,38-42H,3-4,6,8-11,14-15,17,20,22-23H2,1-2H3,(H,34,37)(H,43,44)/b7-5+,13-12+,18-16-,21-19+. The first-order valence-electron chi connectivity index (χ1n) is 16.7. The number of phosphoric acid groups is 1. The van der Waals surface area contributed by atoms with Gasteiger partial charge >= 0.3 is 7.82 Å². The van der Waals surface area contributed by atoms with E-state index in [9.17, 15) is 50.0 Å². The number of hydrogen-bond acceptors (Lipinski definition) is 11. The lowest BCUT2D eigenvalue weighted by atomic mass is 9.85. The molecular weight excluding hydrogens is 633 g/mol. The summed E-state index contributed by atoms with van der Waals surface area (Å²) in [6.45, 7) is 3.44. The number of amides is 1. The van der Waals surface area contributed by atoms with Crippen molar-refractivity contribution in [2.45, 2.75) is 146 Å². The number of aliphatic hydroxyl groups excluding tert-OH is 7. The van der Waals surface area contributed by atoms with Crippen LogP contribution in [-0.4, -0.2) is 108 Å². The second-order valence-electron chi connectivity index (χ2n) is 11.8. The normalized spacial score (nSPS) is 27.1. The molecule has 1 saturated carbocycles. The number of carbonyl (C=O) groups excluding carboxylic acids is 1. The fourth-order valence-electron chi connectivity index (χ4n) is 4.80. The van der Waals surface area contributed by atoms with Gasteiger partial charge in [0, 0.05) is 0 Å². The Kier molecular flexibility index (Phi) is 22.5. The van der Waals surface area contributed by atoms with Crippen LogP contribution in [0.15, 0.2) is 48.6 Å². The number of aliphatic hydroxyl groups is 7. The Morgan fingerprint density at radius 2 is 1.32 bits per heavy atom. The third-order valence-electron chi connectivity index (χ3n) is 7.63. The van der Waals surface area contributed by atoms with Gasteiger partial charge in [0.1, 0.15) is 36.6 Å². The van der Waals surface area contributed by atoms with E-state index in [-0.39, 0.29) is 12.8 Å². The molecule has 272 valence electrons. The van der Waals surface area contributed by atoms with E-state index in [1.165, 1.54) is 6.08 Å². The van der Waals surface area contributed by atoms with Crippen LogP contribution in [0.4, 0.5) is 0 Å². The molecule has 47 heavy (non-hydrogen) atoms. The van der Waals surface area contributed by atoms with E-state index in [0.717, 1.165) is 51.4 Å². The highest BCUT2D eigenvalue weighted by atomic mass is 31.2. The summed E-state index contributed by atoms with van der Waals surface area (Å²) < 4.78 is 22.5. The van der Waals surface area contributed by atoms with E-state index in [4.69, 9.17) is 9.05 Å². The van der Waals surface area contributed by atoms with Crippen molar-refractivity contribution in [2.24, 2.45) is 0 Å². The Morgan fingerprint density at radius 3 is 1.91 bits per heavy atom. The van der Waals surface area contributed by atoms with Crippen LogP contribution in [0.3, 0.4) is 0 Å². The Balaban J connectivity index is 2.82. The molecule has 13 nitrogen and oxygen atoms in total. The van der Waals surface area contributed by atoms with Gasteiger partial charge in [-0.3, -0.25) is 13.8 Å². The zero-order chi connectivity index (χ0) is 35.2. The molecule has 0 saturated heterocycles. The zero-order valence-electron chi connectivity index (χ0n) is 27.7. The van der Waals surface area contributed by atoms with Gasteiger partial charge in [-0.25, -0.2) is 4.57 Å².